The average Bonchev–Trinajstić information content (AvgIpc) is 2.73. The molecule has 1 saturated carbocycles. The summed E-state index contributed by atoms with van der Waals surface area (Å²) in [6, 6.07) is 5.94. The molecule has 1 N–H and O–H groups in total. The molecule has 30 heavy (non-hydrogen) atoms. The minimum Gasteiger partial charge on any atom is -0.353 e. The van der Waals surface area contributed by atoms with E-state index in [0.29, 0.717) is 17.9 Å². The van der Waals surface area contributed by atoms with E-state index in [2.05, 4.69) is 5.32 Å². The van der Waals surface area contributed by atoms with Gasteiger partial charge in [-0.25, -0.2) is 12.8 Å². The summed E-state index contributed by atoms with van der Waals surface area (Å²) in [6.45, 7) is 0.818. The number of benzene rings is 1. The number of alkyl halides is 1. The van der Waals surface area contributed by atoms with Crippen LogP contribution in [0.3, 0.4) is 0 Å². The first kappa shape index (κ1) is 21.5. The van der Waals surface area contributed by atoms with E-state index in [1.54, 1.807) is 17.0 Å². The van der Waals surface area contributed by atoms with Crippen molar-refractivity contribution in [3.63, 3.8) is 0 Å². The number of fused-ring (bicyclic) bond motifs is 1. The van der Waals surface area contributed by atoms with Crippen LogP contribution >= 0.6 is 11.6 Å². The summed E-state index contributed by atoms with van der Waals surface area (Å²) in [5.74, 6) is -1.09. The lowest BCUT2D eigenvalue weighted by atomic mass is 9.71. The van der Waals surface area contributed by atoms with E-state index < -0.39 is 22.1 Å². The molecule has 10 heteroatoms. The smallest absolute Gasteiger partial charge is 0.243 e. The molecule has 164 valence electrons. The predicted octanol–water partition coefficient (Wildman–Crippen LogP) is 1.82. The quantitative estimate of drug-likeness (QED) is 0.750. The van der Waals surface area contributed by atoms with E-state index in [4.69, 9.17) is 11.6 Å². The zero-order valence-electron chi connectivity index (χ0n) is 16.5. The molecule has 1 aromatic rings. The fourth-order valence-corrected chi connectivity index (χ4v) is 6.55. The van der Waals surface area contributed by atoms with Crippen molar-refractivity contribution in [2.24, 2.45) is 11.8 Å². The maximum atomic E-state index is 14.0. The minimum absolute atomic E-state index is 0.0632. The van der Waals surface area contributed by atoms with Crippen LogP contribution < -0.4 is 5.32 Å². The second-order valence-electron chi connectivity index (χ2n) is 8.25. The van der Waals surface area contributed by atoms with Gasteiger partial charge in [0.25, 0.3) is 0 Å². The SMILES string of the molecule is O=C1CC(C(=O)N2CCN(S(=O)(=O)c3cccc(Cl)c3)CC2)C2CC(F)CCC2N1. The van der Waals surface area contributed by atoms with Gasteiger partial charge in [-0.2, -0.15) is 4.31 Å². The Balaban J connectivity index is 1.43. The number of carbonyl (C=O) groups is 2. The van der Waals surface area contributed by atoms with Gasteiger partial charge in [-0.1, -0.05) is 17.7 Å². The fraction of sp³-hybridized carbons (Fsp3) is 0.600. The third kappa shape index (κ3) is 4.20. The molecule has 7 nitrogen and oxygen atoms in total. The average molecular weight is 458 g/mol. The number of hydrogen-bond acceptors (Lipinski definition) is 4. The first-order chi connectivity index (χ1) is 14.3. The van der Waals surface area contributed by atoms with Crippen molar-refractivity contribution in [2.45, 2.75) is 42.8 Å². The van der Waals surface area contributed by atoms with Gasteiger partial charge in [0.2, 0.25) is 21.8 Å². The summed E-state index contributed by atoms with van der Waals surface area (Å²) in [4.78, 5) is 27.0. The van der Waals surface area contributed by atoms with Crippen LogP contribution in [0.4, 0.5) is 4.39 Å². The van der Waals surface area contributed by atoms with Crippen LogP contribution in [0.15, 0.2) is 29.2 Å². The van der Waals surface area contributed by atoms with Crippen molar-refractivity contribution < 1.29 is 22.4 Å². The highest BCUT2D eigenvalue weighted by Crippen LogP contribution is 2.37. The summed E-state index contributed by atoms with van der Waals surface area (Å²) in [6.07, 6.45) is 0.351. The van der Waals surface area contributed by atoms with Crippen LogP contribution in [0, 0.1) is 11.8 Å². The van der Waals surface area contributed by atoms with Crippen molar-refractivity contribution >= 4 is 33.4 Å². The molecule has 0 radical (unpaired) electrons. The molecule has 0 bridgehead atoms. The molecule has 1 aromatic carbocycles. The van der Waals surface area contributed by atoms with Crippen LogP contribution in [-0.4, -0.2) is 67.8 Å². The summed E-state index contributed by atoms with van der Waals surface area (Å²) in [7, 11) is -3.70. The normalized spacial score (nSPS) is 30.5. The third-order valence-electron chi connectivity index (χ3n) is 6.41. The van der Waals surface area contributed by atoms with E-state index >= 15 is 0 Å². The predicted molar refractivity (Wildman–Crippen MR) is 109 cm³/mol. The number of nitrogens with one attached hydrogen (secondary N) is 1. The highest BCUT2D eigenvalue weighted by Gasteiger charge is 2.45. The summed E-state index contributed by atoms with van der Waals surface area (Å²) < 4.78 is 41.0. The van der Waals surface area contributed by atoms with Gasteiger partial charge in [-0.05, 0) is 43.4 Å². The maximum absolute atomic E-state index is 14.0. The van der Waals surface area contributed by atoms with Gasteiger partial charge in [0.05, 0.1) is 10.8 Å². The van der Waals surface area contributed by atoms with Gasteiger partial charge in [-0.15, -0.1) is 0 Å². The topological polar surface area (TPSA) is 86.8 Å². The van der Waals surface area contributed by atoms with Crippen LogP contribution in [0.2, 0.25) is 5.02 Å². The summed E-state index contributed by atoms with van der Waals surface area (Å²) in [5.41, 5.74) is 0. The molecule has 0 aromatic heterocycles. The lowest BCUT2D eigenvalue weighted by molar-refractivity contribution is -0.146. The molecule has 4 rings (SSSR count). The van der Waals surface area contributed by atoms with Crippen LogP contribution in [-0.2, 0) is 19.6 Å². The Kier molecular flexibility index (Phi) is 6.05. The molecule has 4 atom stereocenters. The number of halogens is 2. The Hall–Kier alpha value is -1.71. The van der Waals surface area contributed by atoms with E-state index in [9.17, 15) is 22.4 Å². The Bertz CT molecular complexity index is 936. The van der Waals surface area contributed by atoms with Crippen LogP contribution in [0.5, 0.6) is 0 Å². The Morgan fingerprint density at radius 2 is 1.90 bits per heavy atom. The van der Waals surface area contributed by atoms with Crippen LogP contribution in [0.25, 0.3) is 0 Å². The molecule has 3 fully saturated rings. The molecule has 1 aliphatic carbocycles. The first-order valence-corrected chi connectivity index (χ1v) is 12.1. The van der Waals surface area contributed by atoms with E-state index in [1.165, 1.54) is 16.4 Å². The van der Waals surface area contributed by atoms with Crippen molar-refractivity contribution in [3.8, 4) is 0 Å². The molecule has 4 unspecified atom stereocenters. The van der Waals surface area contributed by atoms with Gasteiger partial charge in [0.1, 0.15) is 6.17 Å². The monoisotopic (exact) mass is 457 g/mol. The number of sulfonamides is 1. The van der Waals surface area contributed by atoms with Gasteiger partial charge in [-0.3, -0.25) is 9.59 Å². The van der Waals surface area contributed by atoms with Gasteiger partial charge in [0, 0.05) is 43.7 Å². The summed E-state index contributed by atoms with van der Waals surface area (Å²) >= 11 is 5.92. The lowest BCUT2D eigenvalue weighted by Crippen LogP contribution is -2.58. The Morgan fingerprint density at radius 1 is 1.17 bits per heavy atom. The number of hydrogen-bond donors (Lipinski definition) is 1. The number of rotatable bonds is 3. The van der Waals surface area contributed by atoms with E-state index in [-0.39, 0.29) is 67.7 Å². The van der Waals surface area contributed by atoms with Crippen molar-refractivity contribution in [2.75, 3.05) is 26.2 Å². The fourth-order valence-electron chi connectivity index (χ4n) is 4.82. The van der Waals surface area contributed by atoms with Crippen molar-refractivity contribution in [3.05, 3.63) is 29.3 Å². The standard InChI is InChI=1S/C20H25ClFN3O4S/c21-13-2-1-3-15(10-13)30(28,29)25-8-6-24(7-9-25)20(27)17-12-19(26)23-18-5-4-14(22)11-16(17)18/h1-3,10,14,16-18H,4-9,11-12H2,(H,23,26). The molecule has 3 aliphatic rings. The van der Waals surface area contributed by atoms with Gasteiger partial charge < -0.3 is 10.2 Å². The third-order valence-corrected chi connectivity index (χ3v) is 8.54. The van der Waals surface area contributed by atoms with Crippen LogP contribution in [0.1, 0.15) is 25.7 Å². The second-order valence-corrected chi connectivity index (χ2v) is 10.6. The van der Waals surface area contributed by atoms with Crippen molar-refractivity contribution in [1.82, 2.24) is 14.5 Å². The molecular formula is C20H25ClFN3O4S. The zero-order chi connectivity index (χ0) is 21.5. The summed E-state index contributed by atoms with van der Waals surface area (Å²) in [5, 5.41) is 3.24. The number of nitrogens with zero attached hydrogens (tertiary/aromatic N) is 2. The van der Waals surface area contributed by atoms with Crippen molar-refractivity contribution in [1.29, 1.82) is 0 Å². The highest BCUT2D eigenvalue weighted by atomic mass is 35.5. The number of carbonyl (C=O) groups excluding carboxylic acids is 2. The Labute approximate surface area is 180 Å². The molecule has 2 amide bonds. The molecular weight excluding hydrogens is 433 g/mol. The number of amides is 2. The largest absolute Gasteiger partial charge is 0.353 e. The zero-order valence-corrected chi connectivity index (χ0v) is 18.0. The van der Waals surface area contributed by atoms with Gasteiger partial charge >= 0.3 is 0 Å². The number of piperazine rings is 1. The highest BCUT2D eigenvalue weighted by molar-refractivity contribution is 7.89. The number of piperidine rings is 1. The molecule has 2 saturated heterocycles. The lowest BCUT2D eigenvalue weighted by Gasteiger charge is -2.44. The van der Waals surface area contributed by atoms with Gasteiger partial charge in [0.15, 0.2) is 0 Å². The van der Waals surface area contributed by atoms with E-state index in [1.807, 2.05) is 0 Å². The Morgan fingerprint density at radius 3 is 2.60 bits per heavy atom. The molecule has 2 aliphatic heterocycles. The molecule has 2 heterocycles. The minimum atomic E-state index is -3.70. The first-order valence-electron chi connectivity index (χ1n) is 10.2. The maximum Gasteiger partial charge on any atom is 0.243 e. The van der Waals surface area contributed by atoms with E-state index in [0.717, 1.165) is 0 Å². The second kappa shape index (κ2) is 8.43. The molecule has 0 spiro atoms.